The molecule has 0 radical (unpaired) electrons. The highest BCUT2D eigenvalue weighted by Crippen LogP contribution is 2.33. The molecule has 1 N–H and O–H groups in total. The first-order chi connectivity index (χ1) is 8.91. The van der Waals surface area contributed by atoms with E-state index in [1.807, 2.05) is 11.8 Å². The van der Waals surface area contributed by atoms with Crippen LogP contribution in [0, 0.1) is 16.0 Å². The number of rotatable bonds is 3. The minimum absolute atomic E-state index is 0.0658. The van der Waals surface area contributed by atoms with Crippen LogP contribution in [0.3, 0.4) is 0 Å². The average molecular weight is 268 g/mol. The zero-order chi connectivity index (χ0) is 14.2. The Morgan fingerprint density at radius 1 is 1.63 bits per heavy atom. The number of hydrogen-bond donors (Lipinski definition) is 1. The highest BCUT2D eigenvalue weighted by molar-refractivity contribution is 5.70. The summed E-state index contributed by atoms with van der Waals surface area (Å²) in [6, 6.07) is -0.0658. The number of aliphatic carboxylic acids is 1. The zero-order valence-electron chi connectivity index (χ0n) is 10.8. The predicted molar refractivity (Wildman–Crippen MR) is 67.0 cm³/mol. The van der Waals surface area contributed by atoms with Gasteiger partial charge in [0.05, 0.1) is 5.92 Å². The van der Waals surface area contributed by atoms with Crippen molar-refractivity contribution in [2.45, 2.75) is 25.8 Å². The van der Waals surface area contributed by atoms with E-state index in [0.717, 1.165) is 0 Å². The summed E-state index contributed by atoms with van der Waals surface area (Å²) in [6.07, 6.45) is 2.38. The number of anilines is 1. The number of aromatic nitrogens is 2. The normalized spacial score (nSPS) is 23.4. The van der Waals surface area contributed by atoms with E-state index in [2.05, 4.69) is 4.98 Å². The Hall–Kier alpha value is -2.12. The highest BCUT2D eigenvalue weighted by atomic mass is 16.6. The van der Waals surface area contributed by atoms with Crippen molar-refractivity contribution in [3.63, 3.8) is 0 Å². The molecule has 0 aliphatic carbocycles. The van der Waals surface area contributed by atoms with Crippen LogP contribution < -0.4 is 4.90 Å². The van der Waals surface area contributed by atoms with Crippen molar-refractivity contribution in [1.29, 1.82) is 0 Å². The molecule has 8 nitrogen and oxygen atoms in total. The van der Waals surface area contributed by atoms with Crippen LogP contribution in [-0.2, 0) is 11.8 Å². The Bertz CT molecular complexity index is 513. The molecule has 0 amide bonds. The third kappa shape index (κ3) is 2.38. The first-order valence-electron chi connectivity index (χ1n) is 6.07. The summed E-state index contributed by atoms with van der Waals surface area (Å²) in [5.41, 5.74) is 0. The van der Waals surface area contributed by atoms with Gasteiger partial charge in [0.1, 0.15) is 0 Å². The van der Waals surface area contributed by atoms with E-state index < -0.39 is 10.9 Å². The van der Waals surface area contributed by atoms with E-state index in [0.29, 0.717) is 25.2 Å². The smallest absolute Gasteiger partial charge is 0.406 e. The molecule has 1 aromatic rings. The Labute approximate surface area is 109 Å². The fourth-order valence-electron chi connectivity index (χ4n) is 2.58. The molecule has 1 aliphatic rings. The largest absolute Gasteiger partial charge is 0.481 e. The van der Waals surface area contributed by atoms with Crippen LogP contribution in [0.2, 0.25) is 0 Å². The molecule has 1 saturated heterocycles. The molecule has 8 heteroatoms. The summed E-state index contributed by atoms with van der Waals surface area (Å²) in [7, 11) is 1.70. The molecular formula is C11H16N4O4. The summed E-state index contributed by atoms with van der Waals surface area (Å²) in [5.74, 6) is -0.908. The van der Waals surface area contributed by atoms with Crippen molar-refractivity contribution < 1.29 is 14.8 Å². The molecule has 2 heterocycles. The topological polar surface area (TPSA) is 102 Å². The molecule has 2 atom stereocenters. The van der Waals surface area contributed by atoms with E-state index >= 15 is 0 Å². The van der Waals surface area contributed by atoms with Gasteiger partial charge in [0.15, 0.2) is 0 Å². The standard InChI is InChI=1S/C11H16N4O4/c1-7-5-8(11(16)17)3-4-14(7)10-9(15(18)19)12-6-13(10)2/h6-8H,3-5H2,1-2H3,(H,16,17). The Balaban J connectivity index is 2.26. The monoisotopic (exact) mass is 268 g/mol. The highest BCUT2D eigenvalue weighted by Gasteiger charge is 2.35. The summed E-state index contributed by atoms with van der Waals surface area (Å²) in [5, 5.41) is 20.0. The number of nitrogens with zero attached hydrogens (tertiary/aromatic N) is 4. The lowest BCUT2D eigenvalue weighted by Crippen LogP contribution is -2.43. The van der Waals surface area contributed by atoms with Crippen molar-refractivity contribution in [3.8, 4) is 0 Å². The maximum absolute atomic E-state index is 11.0. The van der Waals surface area contributed by atoms with E-state index in [-0.39, 0.29) is 17.8 Å². The van der Waals surface area contributed by atoms with Crippen LogP contribution in [0.5, 0.6) is 0 Å². The minimum Gasteiger partial charge on any atom is -0.481 e. The van der Waals surface area contributed by atoms with Crippen molar-refractivity contribution in [1.82, 2.24) is 9.55 Å². The zero-order valence-corrected chi connectivity index (χ0v) is 10.8. The average Bonchev–Trinajstić information content (AvgIpc) is 2.71. The molecule has 1 aliphatic heterocycles. The summed E-state index contributed by atoms with van der Waals surface area (Å²) in [4.78, 5) is 27.1. The van der Waals surface area contributed by atoms with Gasteiger partial charge < -0.3 is 20.1 Å². The van der Waals surface area contributed by atoms with Crippen LogP contribution in [0.4, 0.5) is 11.6 Å². The van der Waals surface area contributed by atoms with E-state index in [1.165, 1.54) is 6.33 Å². The molecule has 0 spiro atoms. The Morgan fingerprint density at radius 3 is 2.84 bits per heavy atom. The van der Waals surface area contributed by atoms with Gasteiger partial charge in [0, 0.05) is 19.6 Å². The second kappa shape index (κ2) is 4.87. The quantitative estimate of drug-likeness (QED) is 0.648. The first kappa shape index (κ1) is 13.3. The fourth-order valence-corrected chi connectivity index (χ4v) is 2.58. The Kier molecular flexibility index (Phi) is 3.41. The number of carbonyl (C=O) groups is 1. The van der Waals surface area contributed by atoms with Gasteiger partial charge in [0.2, 0.25) is 12.1 Å². The van der Waals surface area contributed by atoms with Gasteiger partial charge in [-0.3, -0.25) is 9.36 Å². The number of nitro groups is 1. The molecule has 1 aromatic heterocycles. The van der Waals surface area contributed by atoms with Crippen molar-refractivity contribution >= 4 is 17.6 Å². The number of imidazole rings is 1. The maximum Gasteiger partial charge on any atom is 0.406 e. The molecule has 104 valence electrons. The molecule has 2 unspecified atom stereocenters. The third-order valence-corrected chi connectivity index (χ3v) is 3.56. The van der Waals surface area contributed by atoms with Gasteiger partial charge >= 0.3 is 11.8 Å². The second-order valence-electron chi connectivity index (χ2n) is 4.86. The number of aryl methyl sites for hydroxylation is 1. The Morgan fingerprint density at radius 2 is 2.32 bits per heavy atom. The van der Waals surface area contributed by atoms with Crippen LogP contribution in [0.1, 0.15) is 19.8 Å². The lowest BCUT2D eigenvalue weighted by atomic mass is 9.92. The molecule has 2 rings (SSSR count). The molecular weight excluding hydrogens is 252 g/mol. The number of carboxylic acid groups (broad SMARTS) is 1. The summed E-state index contributed by atoms with van der Waals surface area (Å²) >= 11 is 0. The van der Waals surface area contributed by atoms with Crippen LogP contribution >= 0.6 is 0 Å². The van der Waals surface area contributed by atoms with Gasteiger partial charge in [-0.1, -0.05) is 0 Å². The fraction of sp³-hybridized carbons (Fsp3) is 0.636. The molecule has 19 heavy (non-hydrogen) atoms. The second-order valence-corrected chi connectivity index (χ2v) is 4.86. The number of piperidine rings is 1. The van der Waals surface area contributed by atoms with Crippen molar-refractivity contribution in [3.05, 3.63) is 16.4 Å². The predicted octanol–water partition coefficient (Wildman–Crippen LogP) is 1.02. The lowest BCUT2D eigenvalue weighted by molar-refractivity contribution is -0.388. The van der Waals surface area contributed by atoms with Gasteiger partial charge in [-0.2, -0.15) is 0 Å². The van der Waals surface area contributed by atoms with E-state index in [9.17, 15) is 14.9 Å². The van der Waals surface area contributed by atoms with Gasteiger partial charge in [-0.25, -0.2) is 0 Å². The van der Waals surface area contributed by atoms with Crippen LogP contribution in [0.25, 0.3) is 0 Å². The molecule has 0 bridgehead atoms. The van der Waals surface area contributed by atoms with Crippen molar-refractivity contribution in [2.24, 2.45) is 13.0 Å². The van der Waals surface area contributed by atoms with Gasteiger partial charge in [0.25, 0.3) is 0 Å². The van der Waals surface area contributed by atoms with Crippen LogP contribution in [-0.4, -0.2) is 38.1 Å². The minimum atomic E-state index is -0.800. The van der Waals surface area contributed by atoms with E-state index in [4.69, 9.17) is 5.11 Å². The van der Waals surface area contributed by atoms with Crippen LogP contribution in [0.15, 0.2) is 6.33 Å². The molecule has 0 aromatic carbocycles. The third-order valence-electron chi connectivity index (χ3n) is 3.56. The van der Waals surface area contributed by atoms with Crippen molar-refractivity contribution in [2.75, 3.05) is 11.4 Å². The number of carboxylic acids is 1. The van der Waals surface area contributed by atoms with E-state index in [1.54, 1.807) is 11.6 Å². The first-order valence-corrected chi connectivity index (χ1v) is 6.07. The van der Waals surface area contributed by atoms with Gasteiger partial charge in [-0.05, 0) is 29.7 Å². The maximum atomic E-state index is 11.0. The lowest BCUT2D eigenvalue weighted by Gasteiger charge is -2.36. The molecule has 1 fully saturated rings. The van der Waals surface area contributed by atoms with Gasteiger partial charge in [-0.15, -0.1) is 0 Å². The summed E-state index contributed by atoms with van der Waals surface area (Å²) in [6.45, 7) is 2.37. The number of hydrogen-bond acceptors (Lipinski definition) is 5. The SMILES string of the molecule is CC1CC(C(=O)O)CCN1c1c([N+](=O)[O-])ncn1C. The molecule has 0 saturated carbocycles. The summed E-state index contributed by atoms with van der Waals surface area (Å²) < 4.78 is 1.61.